The van der Waals surface area contributed by atoms with Gasteiger partial charge in [-0.2, -0.15) is 0 Å². The Bertz CT molecular complexity index is 846. The number of ether oxygens (including phenoxy) is 1. The zero-order chi connectivity index (χ0) is 14.8. The van der Waals surface area contributed by atoms with Crippen molar-refractivity contribution in [3.8, 4) is 5.75 Å². The van der Waals surface area contributed by atoms with Gasteiger partial charge in [0.2, 0.25) is 0 Å². The number of carbonyl (C=O) groups is 1. The fourth-order valence-corrected chi connectivity index (χ4v) is 2.48. The van der Waals surface area contributed by atoms with Crippen molar-refractivity contribution < 1.29 is 14.6 Å². The number of fused-ring (bicyclic) bond motifs is 3. The first-order valence-electron chi connectivity index (χ1n) is 6.77. The first-order valence-corrected chi connectivity index (χ1v) is 6.77. The summed E-state index contributed by atoms with van der Waals surface area (Å²) in [5, 5.41) is 11.7. The fraction of sp³-hybridized carbons (Fsp3) is 0.118. The lowest BCUT2D eigenvalue weighted by atomic mass is 10.1. The number of hydrogen-bond acceptors (Lipinski definition) is 3. The van der Waals surface area contributed by atoms with Gasteiger partial charge in [0.05, 0.1) is 17.6 Å². The van der Waals surface area contributed by atoms with Crippen LogP contribution in [0.15, 0.2) is 48.5 Å². The van der Waals surface area contributed by atoms with Gasteiger partial charge in [-0.1, -0.05) is 18.2 Å². The number of phenolic OH excluding ortho intramolecular Hbond substituents is 1. The van der Waals surface area contributed by atoms with Crippen LogP contribution < -0.4 is 0 Å². The molecule has 1 N–H and O–H groups in total. The van der Waals surface area contributed by atoms with Crippen LogP contribution in [0.25, 0.3) is 28.0 Å². The molecule has 3 rings (SSSR count). The minimum atomic E-state index is -0.373. The SMILES string of the molecule is CCOC(=O)/C=C/n1c2ccccc2c2cc(O)ccc21. The number of para-hydroxylation sites is 1. The van der Waals surface area contributed by atoms with Gasteiger partial charge in [-0.05, 0) is 31.2 Å². The molecule has 0 aliphatic heterocycles. The maximum Gasteiger partial charge on any atom is 0.332 e. The van der Waals surface area contributed by atoms with E-state index in [0.29, 0.717) is 6.61 Å². The van der Waals surface area contributed by atoms with Gasteiger partial charge >= 0.3 is 5.97 Å². The maximum atomic E-state index is 11.5. The Morgan fingerprint density at radius 1 is 1.19 bits per heavy atom. The van der Waals surface area contributed by atoms with E-state index >= 15 is 0 Å². The van der Waals surface area contributed by atoms with E-state index in [2.05, 4.69) is 0 Å². The van der Waals surface area contributed by atoms with Gasteiger partial charge in [0, 0.05) is 23.0 Å². The predicted octanol–water partition coefficient (Wildman–Crippen LogP) is 3.53. The first kappa shape index (κ1) is 13.2. The number of aromatic nitrogens is 1. The highest BCUT2D eigenvalue weighted by Crippen LogP contribution is 2.31. The van der Waals surface area contributed by atoms with E-state index in [1.165, 1.54) is 6.08 Å². The molecule has 0 saturated carbocycles. The van der Waals surface area contributed by atoms with Crippen LogP contribution in [-0.4, -0.2) is 22.2 Å². The third kappa shape index (κ3) is 2.36. The van der Waals surface area contributed by atoms with Crippen LogP contribution in [0.4, 0.5) is 0 Å². The van der Waals surface area contributed by atoms with Gasteiger partial charge < -0.3 is 14.4 Å². The summed E-state index contributed by atoms with van der Waals surface area (Å²) >= 11 is 0. The molecule has 0 saturated heterocycles. The minimum Gasteiger partial charge on any atom is -0.508 e. The number of nitrogens with zero attached hydrogens (tertiary/aromatic N) is 1. The van der Waals surface area contributed by atoms with Crippen LogP contribution in [0.5, 0.6) is 5.75 Å². The molecule has 0 atom stereocenters. The van der Waals surface area contributed by atoms with E-state index < -0.39 is 0 Å². The standard InChI is InChI=1S/C17H15NO3/c1-2-21-17(20)9-10-18-15-6-4-3-5-13(15)14-11-12(19)7-8-16(14)18/h3-11,19H,2H2,1H3/b10-9+. The van der Waals surface area contributed by atoms with E-state index in [1.807, 2.05) is 34.9 Å². The van der Waals surface area contributed by atoms with E-state index in [9.17, 15) is 9.90 Å². The van der Waals surface area contributed by atoms with Gasteiger partial charge in [-0.15, -0.1) is 0 Å². The van der Waals surface area contributed by atoms with Crippen LogP contribution in [0.3, 0.4) is 0 Å². The Kier molecular flexibility index (Phi) is 3.36. The Balaban J connectivity index is 2.22. The molecule has 4 heteroatoms. The average molecular weight is 281 g/mol. The molecule has 1 aromatic heterocycles. The molecule has 0 unspecified atom stereocenters. The fourth-order valence-electron chi connectivity index (χ4n) is 2.48. The topological polar surface area (TPSA) is 51.5 Å². The summed E-state index contributed by atoms with van der Waals surface area (Å²) in [6.45, 7) is 2.12. The molecule has 0 aliphatic carbocycles. The van der Waals surface area contributed by atoms with Crippen LogP contribution in [-0.2, 0) is 9.53 Å². The molecule has 21 heavy (non-hydrogen) atoms. The molecule has 2 aromatic carbocycles. The van der Waals surface area contributed by atoms with Gasteiger partial charge in [0.25, 0.3) is 0 Å². The molecule has 0 bridgehead atoms. The zero-order valence-electron chi connectivity index (χ0n) is 11.6. The van der Waals surface area contributed by atoms with Crippen molar-refractivity contribution in [3.63, 3.8) is 0 Å². The molecular weight excluding hydrogens is 266 g/mol. The first-order chi connectivity index (χ1) is 10.2. The maximum absolute atomic E-state index is 11.5. The van der Waals surface area contributed by atoms with E-state index in [1.54, 1.807) is 25.3 Å². The average Bonchev–Trinajstić information content (AvgIpc) is 2.79. The van der Waals surface area contributed by atoms with Gasteiger partial charge in [-0.25, -0.2) is 4.79 Å². The van der Waals surface area contributed by atoms with Crippen LogP contribution in [0, 0.1) is 0 Å². The highest BCUT2D eigenvalue weighted by atomic mass is 16.5. The van der Waals surface area contributed by atoms with Gasteiger partial charge in [0.1, 0.15) is 5.75 Å². The number of rotatable bonds is 3. The van der Waals surface area contributed by atoms with E-state index in [0.717, 1.165) is 21.8 Å². The van der Waals surface area contributed by atoms with Crippen molar-refractivity contribution in [1.29, 1.82) is 0 Å². The minimum absolute atomic E-state index is 0.222. The highest BCUT2D eigenvalue weighted by Gasteiger charge is 2.09. The Morgan fingerprint density at radius 3 is 2.76 bits per heavy atom. The molecule has 0 fully saturated rings. The summed E-state index contributed by atoms with van der Waals surface area (Å²) in [4.78, 5) is 11.5. The third-order valence-electron chi connectivity index (χ3n) is 3.34. The number of phenols is 1. The van der Waals surface area contributed by atoms with Crippen LogP contribution in [0.1, 0.15) is 6.92 Å². The van der Waals surface area contributed by atoms with Crippen LogP contribution >= 0.6 is 0 Å². The molecule has 4 nitrogen and oxygen atoms in total. The lowest BCUT2D eigenvalue weighted by Gasteiger charge is -2.00. The number of esters is 1. The molecular formula is C17H15NO3. The highest BCUT2D eigenvalue weighted by molar-refractivity contribution is 6.10. The van der Waals surface area contributed by atoms with Crippen molar-refractivity contribution in [2.45, 2.75) is 6.92 Å². The molecule has 106 valence electrons. The Labute approximate surface area is 121 Å². The Morgan fingerprint density at radius 2 is 1.95 bits per heavy atom. The monoisotopic (exact) mass is 281 g/mol. The van der Waals surface area contributed by atoms with Crippen molar-refractivity contribution in [1.82, 2.24) is 4.57 Å². The predicted molar refractivity (Wildman–Crippen MR) is 83.1 cm³/mol. The van der Waals surface area contributed by atoms with Gasteiger partial charge in [0.15, 0.2) is 0 Å². The number of aromatic hydroxyl groups is 1. The summed E-state index contributed by atoms with van der Waals surface area (Å²) in [5.74, 6) is -0.151. The molecule has 3 aromatic rings. The second-order valence-corrected chi connectivity index (χ2v) is 4.66. The summed E-state index contributed by atoms with van der Waals surface area (Å²) in [5.41, 5.74) is 1.90. The van der Waals surface area contributed by atoms with Crippen molar-refractivity contribution in [3.05, 3.63) is 48.5 Å². The van der Waals surface area contributed by atoms with Crippen molar-refractivity contribution >= 4 is 34.0 Å². The molecule has 0 aliphatic rings. The summed E-state index contributed by atoms with van der Waals surface area (Å²) in [7, 11) is 0. The normalized spacial score (nSPS) is 11.5. The van der Waals surface area contributed by atoms with Crippen molar-refractivity contribution in [2.75, 3.05) is 6.61 Å². The summed E-state index contributed by atoms with van der Waals surface area (Å²) in [6.07, 6.45) is 3.10. The number of benzene rings is 2. The van der Waals surface area contributed by atoms with Crippen LogP contribution in [0.2, 0.25) is 0 Å². The third-order valence-corrected chi connectivity index (χ3v) is 3.34. The second kappa shape index (κ2) is 5.32. The lowest BCUT2D eigenvalue weighted by molar-refractivity contribution is -0.137. The van der Waals surface area contributed by atoms with E-state index in [4.69, 9.17) is 4.74 Å². The summed E-state index contributed by atoms with van der Waals surface area (Å²) < 4.78 is 6.82. The molecule has 0 spiro atoms. The van der Waals surface area contributed by atoms with Gasteiger partial charge in [-0.3, -0.25) is 0 Å². The quantitative estimate of drug-likeness (QED) is 0.590. The zero-order valence-corrected chi connectivity index (χ0v) is 11.6. The number of carbonyl (C=O) groups excluding carboxylic acids is 1. The molecule has 0 radical (unpaired) electrons. The van der Waals surface area contributed by atoms with E-state index in [-0.39, 0.29) is 11.7 Å². The van der Waals surface area contributed by atoms with Crippen molar-refractivity contribution in [2.24, 2.45) is 0 Å². The second-order valence-electron chi connectivity index (χ2n) is 4.66. The number of hydrogen-bond donors (Lipinski definition) is 1. The Hall–Kier alpha value is -2.75. The summed E-state index contributed by atoms with van der Waals surface area (Å²) in [6, 6.07) is 13.1. The largest absolute Gasteiger partial charge is 0.508 e. The lowest BCUT2D eigenvalue weighted by Crippen LogP contribution is -1.99. The smallest absolute Gasteiger partial charge is 0.332 e. The molecule has 1 heterocycles. The molecule has 0 amide bonds.